The number of fused-ring (bicyclic) bond motifs is 1. The molecule has 1 fully saturated rings. The van der Waals surface area contributed by atoms with Crippen LogP contribution in [0, 0.1) is 0 Å². The normalized spacial score (nSPS) is 17.2. The summed E-state index contributed by atoms with van der Waals surface area (Å²) < 4.78 is 5.60. The first-order chi connectivity index (χ1) is 17.7. The van der Waals surface area contributed by atoms with Gasteiger partial charge in [-0.2, -0.15) is 0 Å². The molecule has 2 aliphatic rings. The maximum Gasteiger partial charge on any atom is 0.328 e. The quantitative estimate of drug-likeness (QED) is 0.491. The van der Waals surface area contributed by atoms with Crippen molar-refractivity contribution in [3.8, 4) is 5.75 Å². The predicted octanol–water partition coefficient (Wildman–Crippen LogP) is 4.48. The van der Waals surface area contributed by atoms with E-state index in [2.05, 4.69) is 11.0 Å². The summed E-state index contributed by atoms with van der Waals surface area (Å²) in [6.45, 7) is 3.77. The van der Waals surface area contributed by atoms with Gasteiger partial charge in [-0.15, -0.1) is 0 Å². The number of amides is 1. The van der Waals surface area contributed by atoms with Crippen molar-refractivity contribution >= 4 is 41.0 Å². The summed E-state index contributed by atoms with van der Waals surface area (Å²) in [7, 11) is 1.72. The van der Waals surface area contributed by atoms with E-state index in [0.717, 1.165) is 37.4 Å². The van der Waals surface area contributed by atoms with Gasteiger partial charge in [0.15, 0.2) is 0 Å². The third-order valence-corrected chi connectivity index (χ3v) is 7.12. The van der Waals surface area contributed by atoms with E-state index >= 15 is 0 Å². The minimum absolute atomic E-state index is 0.0437. The molecule has 0 radical (unpaired) electrons. The molecule has 2 aliphatic heterocycles. The molecular formula is C27H30Cl2N2O6. The van der Waals surface area contributed by atoms with Crippen molar-refractivity contribution in [2.24, 2.45) is 0 Å². The van der Waals surface area contributed by atoms with E-state index in [1.165, 1.54) is 24.0 Å². The van der Waals surface area contributed by atoms with Crippen LogP contribution in [-0.4, -0.2) is 71.1 Å². The first kappa shape index (κ1) is 28.5. The standard InChI is InChI=1S/C23H26Cl2N2O2.C4H4O4/c1-29-22-6-4-5-17-18(22)9-12-27(21(17)15-26-10-2-3-11-26)23(28)14-16-7-8-19(24)20(25)13-16;5-3(6)1-2-4(7)8/h4-8,13,21H,2-3,9-12,14-15H2,1H3;1-2H,(H,5,6)(H,7,8). The summed E-state index contributed by atoms with van der Waals surface area (Å²) >= 11 is 12.2. The fraction of sp³-hybridized carbons (Fsp3) is 0.370. The molecule has 198 valence electrons. The Morgan fingerprint density at radius 2 is 1.68 bits per heavy atom. The van der Waals surface area contributed by atoms with Crippen molar-refractivity contribution in [3.63, 3.8) is 0 Å². The molecule has 2 heterocycles. The number of carbonyl (C=O) groups excluding carboxylic acids is 1. The van der Waals surface area contributed by atoms with Crippen LogP contribution in [0.15, 0.2) is 48.6 Å². The second-order valence-electron chi connectivity index (χ2n) is 8.82. The lowest BCUT2D eigenvalue weighted by molar-refractivity contribution is -0.134. The van der Waals surface area contributed by atoms with Gasteiger partial charge in [0.2, 0.25) is 5.91 Å². The third kappa shape index (κ3) is 7.95. The van der Waals surface area contributed by atoms with Crippen LogP contribution >= 0.6 is 23.2 Å². The van der Waals surface area contributed by atoms with Crippen LogP contribution < -0.4 is 4.74 Å². The number of nitrogens with zero attached hydrogens (tertiary/aromatic N) is 2. The van der Waals surface area contributed by atoms with Crippen molar-refractivity contribution in [1.82, 2.24) is 9.80 Å². The zero-order valence-electron chi connectivity index (χ0n) is 20.5. The first-order valence-corrected chi connectivity index (χ1v) is 12.7. The summed E-state index contributed by atoms with van der Waals surface area (Å²) in [4.78, 5) is 36.9. The average Bonchev–Trinajstić information content (AvgIpc) is 3.38. The van der Waals surface area contributed by atoms with E-state index in [9.17, 15) is 14.4 Å². The number of benzene rings is 2. The van der Waals surface area contributed by atoms with Gasteiger partial charge in [-0.25, -0.2) is 9.59 Å². The van der Waals surface area contributed by atoms with Crippen LogP contribution in [0.25, 0.3) is 0 Å². The molecule has 0 bridgehead atoms. The smallest absolute Gasteiger partial charge is 0.328 e. The highest BCUT2D eigenvalue weighted by Gasteiger charge is 2.34. The number of hydrogen-bond donors (Lipinski definition) is 2. The molecule has 0 saturated carbocycles. The van der Waals surface area contributed by atoms with Crippen molar-refractivity contribution in [2.75, 3.05) is 33.3 Å². The lowest BCUT2D eigenvalue weighted by atomic mass is 9.90. The Bertz CT molecular complexity index is 1150. The maximum atomic E-state index is 13.3. The Balaban J connectivity index is 0.000000414. The highest BCUT2D eigenvalue weighted by atomic mass is 35.5. The molecule has 1 unspecified atom stereocenters. The Morgan fingerprint density at radius 3 is 2.27 bits per heavy atom. The highest BCUT2D eigenvalue weighted by Crippen LogP contribution is 2.36. The molecule has 2 N–H and O–H groups in total. The number of carboxylic acid groups (broad SMARTS) is 2. The molecule has 8 nitrogen and oxygen atoms in total. The minimum atomic E-state index is -1.26. The zero-order chi connectivity index (χ0) is 26.9. The molecular weight excluding hydrogens is 519 g/mol. The van der Waals surface area contributed by atoms with Crippen LogP contribution in [0.3, 0.4) is 0 Å². The molecule has 1 amide bonds. The summed E-state index contributed by atoms with van der Waals surface area (Å²) in [5.41, 5.74) is 3.34. The molecule has 1 saturated heterocycles. The van der Waals surface area contributed by atoms with Crippen LogP contribution in [0.2, 0.25) is 10.0 Å². The van der Waals surface area contributed by atoms with E-state index in [1.807, 2.05) is 23.1 Å². The molecule has 0 aliphatic carbocycles. The van der Waals surface area contributed by atoms with Gasteiger partial charge in [0, 0.05) is 30.8 Å². The topological polar surface area (TPSA) is 107 Å². The molecule has 4 rings (SSSR count). The largest absolute Gasteiger partial charge is 0.496 e. The Morgan fingerprint density at radius 1 is 1.00 bits per heavy atom. The van der Waals surface area contributed by atoms with Crippen LogP contribution in [0.1, 0.15) is 35.6 Å². The Kier molecular flexibility index (Phi) is 10.4. The van der Waals surface area contributed by atoms with Gasteiger partial charge in [-0.3, -0.25) is 4.79 Å². The first-order valence-electron chi connectivity index (χ1n) is 11.9. The number of likely N-dealkylation sites (tertiary alicyclic amines) is 1. The van der Waals surface area contributed by atoms with E-state index in [1.54, 1.807) is 19.2 Å². The SMILES string of the molecule is COc1cccc2c1CCN(C(=O)Cc1ccc(Cl)c(Cl)c1)C2CN1CCCC1.O=C(O)C=CC(=O)O. The number of aliphatic carboxylic acids is 2. The summed E-state index contributed by atoms with van der Waals surface area (Å²) in [5.74, 6) is -1.47. The van der Waals surface area contributed by atoms with Crippen LogP contribution in [0.4, 0.5) is 0 Å². The molecule has 37 heavy (non-hydrogen) atoms. The van der Waals surface area contributed by atoms with E-state index < -0.39 is 11.9 Å². The van der Waals surface area contributed by atoms with E-state index in [0.29, 0.717) is 35.2 Å². The maximum absolute atomic E-state index is 13.3. The van der Waals surface area contributed by atoms with E-state index in [-0.39, 0.29) is 11.9 Å². The summed E-state index contributed by atoms with van der Waals surface area (Å²) in [6.07, 6.45) is 4.71. The lowest BCUT2D eigenvalue weighted by Crippen LogP contribution is -2.45. The fourth-order valence-electron chi connectivity index (χ4n) is 4.68. The average molecular weight is 549 g/mol. The number of ether oxygens (including phenoxy) is 1. The minimum Gasteiger partial charge on any atom is -0.496 e. The van der Waals surface area contributed by atoms with Crippen LogP contribution in [-0.2, 0) is 27.2 Å². The van der Waals surface area contributed by atoms with Gasteiger partial charge < -0.3 is 24.7 Å². The molecule has 10 heteroatoms. The molecule has 0 aromatic heterocycles. The Hall–Kier alpha value is -3.07. The second-order valence-corrected chi connectivity index (χ2v) is 9.64. The van der Waals surface area contributed by atoms with Crippen LogP contribution in [0.5, 0.6) is 5.75 Å². The van der Waals surface area contributed by atoms with Gasteiger partial charge in [0.25, 0.3) is 0 Å². The van der Waals surface area contributed by atoms with Gasteiger partial charge >= 0.3 is 11.9 Å². The molecule has 0 spiro atoms. The van der Waals surface area contributed by atoms with E-state index in [4.69, 9.17) is 38.2 Å². The molecule has 2 aromatic carbocycles. The number of halogens is 2. The zero-order valence-corrected chi connectivity index (χ0v) is 22.0. The molecule has 2 aromatic rings. The highest BCUT2D eigenvalue weighted by molar-refractivity contribution is 6.42. The monoisotopic (exact) mass is 548 g/mol. The Labute approximate surface area is 226 Å². The lowest BCUT2D eigenvalue weighted by Gasteiger charge is -2.40. The van der Waals surface area contributed by atoms with Gasteiger partial charge in [0.05, 0.1) is 29.6 Å². The number of hydrogen-bond acceptors (Lipinski definition) is 5. The van der Waals surface area contributed by atoms with Gasteiger partial charge in [-0.05, 0) is 61.7 Å². The second kappa shape index (κ2) is 13.5. The molecule has 1 atom stereocenters. The number of methoxy groups -OCH3 is 1. The predicted molar refractivity (Wildman–Crippen MR) is 141 cm³/mol. The summed E-state index contributed by atoms with van der Waals surface area (Å²) in [6, 6.07) is 11.7. The third-order valence-electron chi connectivity index (χ3n) is 6.39. The fourth-order valence-corrected chi connectivity index (χ4v) is 5.00. The van der Waals surface area contributed by atoms with Crippen molar-refractivity contribution in [3.05, 3.63) is 75.3 Å². The van der Waals surface area contributed by atoms with Gasteiger partial charge in [0.1, 0.15) is 5.75 Å². The number of carboxylic acids is 2. The van der Waals surface area contributed by atoms with Crippen molar-refractivity contribution in [2.45, 2.75) is 31.7 Å². The number of rotatable bonds is 7. The number of carbonyl (C=O) groups is 3. The van der Waals surface area contributed by atoms with Crippen molar-refractivity contribution < 1.29 is 29.3 Å². The van der Waals surface area contributed by atoms with Crippen molar-refractivity contribution in [1.29, 1.82) is 0 Å². The van der Waals surface area contributed by atoms with Gasteiger partial charge in [-0.1, -0.05) is 41.4 Å². The summed E-state index contributed by atoms with van der Waals surface area (Å²) in [5, 5.41) is 16.6.